The van der Waals surface area contributed by atoms with Crippen molar-refractivity contribution in [2.45, 2.75) is 85.5 Å². The highest BCUT2D eigenvalue weighted by Gasteiger charge is 2.12. The number of rotatable bonds is 6. The highest BCUT2D eigenvalue weighted by molar-refractivity contribution is 4.52. The van der Waals surface area contributed by atoms with Gasteiger partial charge < -0.3 is 14.6 Å². The average Bonchev–Trinajstić information content (AvgIpc) is 2.40. The number of hydrogen-bond acceptors (Lipinski definition) is 3. The number of unbranched alkanes of at least 4 members (excludes halogenated alkanes) is 2. The lowest BCUT2D eigenvalue weighted by Gasteiger charge is -2.22. The summed E-state index contributed by atoms with van der Waals surface area (Å²) in [4.78, 5) is 0. The summed E-state index contributed by atoms with van der Waals surface area (Å²) < 4.78 is 10.8. The maximum atomic E-state index is 8.67. The summed E-state index contributed by atoms with van der Waals surface area (Å²) in [5, 5.41) is 8.67. The number of hydrogen-bond donors (Lipinski definition) is 1. The Kier molecular flexibility index (Phi) is 16.8. The molecule has 3 nitrogen and oxygen atoms in total. The molecule has 0 radical (unpaired) electrons. The molecule has 1 aliphatic heterocycles. The monoisotopic (exact) mass is 262 g/mol. The lowest BCUT2D eigenvalue weighted by Crippen LogP contribution is -2.24. The quantitative estimate of drug-likeness (QED) is 0.731. The third-order valence-corrected chi connectivity index (χ3v) is 2.88. The Labute approximate surface area is 114 Å². The predicted octanol–water partition coefficient (Wildman–Crippen LogP) is 4.13. The van der Waals surface area contributed by atoms with Crippen LogP contribution in [-0.2, 0) is 9.47 Å². The van der Waals surface area contributed by atoms with Gasteiger partial charge in [0.1, 0.15) is 0 Å². The van der Waals surface area contributed by atoms with Crippen molar-refractivity contribution in [2.24, 2.45) is 0 Å². The molecular formula is C15H34O3. The van der Waals surface area contributed by atoms with Crippen LogP contribution in [0.4, 0.5) is 0 Å². The van der Waals surface area contributed by atoms with E-state index in [1.165, 1.54) is 19.3 Å². The molecule has 0 bridgehead atoms. The van der Waals surface area contributed by atoms with Crippen molar-refractivity contribution < 1.29 is 14.6 Å². The summed E-state index contributed by atoms with van der Waals surface area (Å²) in [6.07, 6.45) is 7.75. The van der Waals surface area contributed by atoms with Crippen LogP contribution in [-0.4, -0.2) is 30.7 Å². The van der Waals surface area contributed by atoms with Crippen molar-refractivity contribution in [3.05, 3.63) is 0 Å². The molecule has 3 heteroatoms. The zero-order valence-corrected chi connectivity index (χ0v) is 11.8. The van der Waals surface area contributed by atoms with Crippen LogP contribution in [0.25, 0.3) is 0 Å². The Morgan fingerprint density at radius 2 is 1.61 bits per heavy atom. The smallest absolute Gasteiger partial charge is 0.157 e. The van der Waals surface area contributed by atoms with Crippen LogP contribution in [0.5, 0.6) is 0 Å². The first-order chi connectivity index (χ1) is 8.24. The van der Waals surface area contributed by atoms with Crippen LogP contribution in [0.2, 0.25) is 0 Å². The summed E-state index contributed by atoms with van der Waals surface area (Å²) in [5.74, 6) is 0. The molecule has 1 rings (SSSR count). The molecule has 0 atom stereocenters. The van der Waals surface area contributed by atoms with Crippen molar-refractivity contribution in [1.29, 1.82) is 0 Å². The second kappa shape index (κ2) is 14.9. The normalized spacial score (nSPS) is 15.8. The molecule has 0 spiro atoms. The predicted molar refractivity (Wildman–Crippen MR) is 77.8 cm³/mol. The van der Waals surface area contributed by atoms with E-state index >= 15 is 0 Å². The third-order valence-electron chi connectivity index (χ3n) is 2.88. The fourth-order valence-electron chi connectivity index (χ4n) is 1.55. The largest absolute Gasteiger partial charge is 0.393 e. The molecule has 0 aromatic heterocycles. The molecule has 112 valence electrons. The van der Waals surface area contributed by atoms with E-state index in [-0.39, 0.29) is 19.8 Å². The highest BCUT2D eigenvalue weighted by Crippen LogP contribution is 2.12. The standard InChI is InChI=1S/C9H18O2.C5H12O.CH4/c1-2-3-4-6-9-10-7-5-8-11-9;1-3-5(6)4-2;/h9H,2-8H2,1H3;5-6H,3-4H2,1-2H3;1H4. The summed E-state index contributed by atoms with van der Waals surface area (Å²) in [6.45, 7) is 7.94. The van der Waals surface area contributed by atoms with E-state index < -0.39 is 0 Å². The van der Waals surface area contributed by atoms with E-state index in [0.29, 0.717) is 0 Å². The van der Waals surface area contributed by atoms with Crippen molar-refractivity contribution >= 4 is 0 Å². The Morgan fingerprint density at radius 1 is 1.06 bits per heavy atom. The van der Waals surface area contributed by atoms with Gasteiger partial charge in [0, 0.05) is 0 Å². The summed E-state index contributed by atoms with van der Waals surface area (Å²) in [6, 6.07) is 0. The average molecular weight is 262 g/mol. The van der Waals surface area contributed by atoms with Gasteiger partial charge >= 0.3 is 0 Å². The summed E-state index contributed by atoms with van der Waals surface area (Å²) in [5.41, 5.74) is 0. The second-order valence-corrected chi connectivity index (χ2v) is 4.49. The van der Waals surface area contributed by atoms with Gasteiger partial charge in [0.25, 0.3) is 0 Å². The number of aliphatic hydroxyl groups excluding tert-OH is 1. The highest BCUT2D eigenvalue weighted by atomic mass is 16.7. The van der Waals surface area contributed by atoms with Gasteiger partial charge in [0.15, 0.2) is 6.29 Å². The maximum Gasteiger partial charge on any atom is 0.157 e. The van der Waals surface area contributed by atoms with E-state index in [1.54, 1.807) is 0 Å². The molecule has 0 aliphatic carbocycles. The van der Waals surface area contributed by atoms with Crippen molar-refractivity contribution in [2.75, 3.05) is 13.2 Å². The minimum absolute atomic E-state index is 0. The SMILES string of the molecule is C.CCC(O)CC.CCCCCC1OCCCO1. The van der Waals surface area contributed by atoms with Gasteiger partial charge in [-0.15, -0.1) is 0 Å². The van der Waals surface area contributed by atoms with E-state index in [1.807, 2.05) is 13.8 Å². The van der Waals surface area contributed by atoms with Crippen LogP contribution in [0.3, 0.4) is 0 Å². The zero-order chi connectivity index (χ0) is 12.9. The first-order valence-corrected chi connectivity index (χ1v) is 7.15. The summed E-state index contributed by atoms with van der Waals surface area (Å²) in [7, 11) is 0. The van der Waals surface area contributed by atoms with Crippen LogP contribution in [0.15, 0.2) is 0 Å². The molecule has 1 saturated heterocycles. The molecule has 1 N–H and O–H groups in total. The minimum Gasteiger partial charge on any atom is -0.393 e. The molecule has 0 saturated carbocycles. The molecule has 0 amide bonds. The van der Waals surface area contributed by atoms with Gasteiger partial charge in [-0.25, -0.2) is 0 Å². The minimum atomic E-state index is -0.0648. The van der Waals surface area contributed by atoms with Crippen LogP contribution in [0.1, 0.15) is 73.1 Å². The fraction of sp³-hybridized carbons (Fsp3) is 1.00. The fourth-order valence-corrected chi connectivity index (χ4v) is 1.55. The van der Waals surface area contributed by atoms with E-state index in [2.05, 4.69) is 6.92 Å². The molecule has 1 fully saturated rings. The molecule has 0 unspecified atom stereocenters. The molecule has 0 aromatic rings. The topological polar surface area (TPSA) is 38.7 Å². The van der Waals surface area contributed by atoms with Crippen LogP contribution >= 0.6 is 0 Å². The van der Waals surface area contributed by atoms with Crippen molar-refractivity contribution in [3.63, 3.8) is 0 Å². The van der Waals surface area contributed by atoms with Gasteiger partial charge in [-0.2, -0.15) is 0 Å². The zero-order valence-electron chi connectivity index (χ0n) is 11.8. The number of aliphatic hydroxyl groups is 1. The molecule has 1 aliphatic rings. The molecule has 18 heavy (non-hydrogen) atoms. The lowest BCUT2D eigenvalue weighted by atomic mass is 10.2. The van der Waals surface area contributed by atoms with Gasteiger partial charge in [-0.3, -0.25) is 0 Å². The third kappa shape index (κ3) is 12.3. The van der Waals surface area contributed by atoms with Crippen molar-refractivity contribution in [3.8, 4) is 0 Å². The Morgan fingerprint density at radius 3 is 2.00 bits per heavy atom. The van der Waals surface area contributed by atoms with Gasteiger partial charge in [-0.05, 0) is 32.1 Å². The summed E-state index contributed by atoms with van der Waals surface area (Å²) >= 11 is 0. The van der Waals surface area contributed by atoms with E-state index in [4.69, 9.17) is 14.6 Å². The van der Waals surface area contributed by atoms with Gasteiger partial charge in [-0.1, -0.05) is 41.0 Å². The maximum absolute atomic E-state index is 8.67. The van der Waals surface area contributed by atoms with Crippen LogP contribution in [0, 0.1) is 0 Å². The first kappa shape index (κ1) is 20.2. The van der Waals surface area contributed by atoms with Gasteiger partial charge in [0.2, 0.25) is 0 Å². The molecular weight excluding hydrogens is 228 g/mol. The first-order valence-electron chi connectivity index (χ1n) is 7.15. The van der Waals surface area contributed by atoms with E-state index in [0.717, 1.165) is 38.9 Å². The Balaban J connectivity index is 0. The van der Waals surface area contributed by atoms with Crippen LogP contribution < -0.4 is 0 Å². The Bertz CT molecular complexity index is 141. The molecule has 0 aromatic carbocycles. The molecule has 1 heterocycles. The second-order valence-electron chi connectivity index (χ2n) is 4.49. The van der Waals surface area contributed by atoms with Crippen molar-refractivity contribution in [1.82, 2.24) is 0 Å². The van der Waals surface area contributed by atoms with E-state index in [9.17, 15) is 0 Å². The Hall–Kier alpha value is -0.120. The number of ether oxygens (including phenoxy) is 2. The van der Waals surface area contributed by atoms with Gasteiger partial charge in [0.05, 0.1) is 19.3 Å². The lowest BCUT2D eigenvalue weighted by molar-refractivity contribution is -0.181.